The molecule has 0 bridgehead atoms. The lowest BCUT2D eigenvalue weighted by Gasteiger charge is -2.17. The molecule has 0 spiro atoms. The van der Waals surface area contributed by atoms with Crippen LogP contribution in [0.4, 0.5) is 10.3 Å². The second-order valence-corrected chi connectivity index (χ2v) is 8.88. The number of anilines is 1. The summed E-state index contributed by atoms with van der Waals surface area (Å²) in [7, 11) is 0. The van der Waals surface area contributed by atoms with Crippen LogP contribution in [0.1, 0.15) is 51.4 Å². The number of halogens is 2. The van der Waals surface area contributed by atoms with Gasteiger partial charge in [0.1, 0.15) is 11.3 Å². The molecule has 2 heterocycles. The molecule has 1 aromatic carbocycles. The number of aliphatic hydroxyl groups is 2. The van der Waals surface area contributed by atoms with Crippen LogP contribution in [0.3, 0.4) is 0 Å². The zero-order valence-corrected chi connectivity index (χ0v) is 18.6. The minimum absolute atomic E-state index is 0.0186. The molecule has 3 atom stereocenters. The average molecular weight is 448 g/mol. The standard InChI is InChI=1S/C22H27ClFN5O2/c1-11(2)29-12(3)26-21-16(24)8-13(9-17(21)29)20-15(23)10-25-22(28-20)27-14-4-6-18(30)19(31)7-5-14/h8-11,14,18-19,30-31H,4-7H2,1-3H3,(H,25,27,28)/t14?,18-,19+. The van der Waals surface area contributed by atoms with Gasteiger partial charge >= 0.3 is 0 Å². The van der Waals surface area contributed by atoms with Gasteiger partial charge in [-0.05, 0) is 58.6 Å². The summed E-state index contributed by atoms with van der Waals surface area (Å²) in [6, 6.07) is 3.40. The third kappa shape index (κ3) is 4.37. The molecule has 0 amide bonds. The molecular weight excluding hydrogens is 421 g/mol. The summed E-state index contributed by atoms with van der Waals surface area (Å²) in [6.07, 6.45) is 2.45. The fourth-order valence-corrected chi connectivity index (χ4v) is 4.50. The summed E-state index contributed by atoms with van der Waals surface area (Å²) in [5.41, 5.74) is 2.00. The largest absolute Gasteiger partial charge is 0.390 e. The van der Waals surface area contributed by atoms with E-state index in [4.69, 9.17) is 11.6 Å². The summed E-state index contributed by atoms with van der Waals surface area (Å²) in [5, 5.41) is 23.3. The Labute approximate surface area is 185 Å². The van der Waals surface area contributed by atoms with Gasteiger partial charge in [-0.1, -0.05) is 11.6 Å². The summed E-state index contributed by atoms with van der Waals surface area (Å²) < 4.78 is 16.9. The molecular formula is C22H27ClFN5O2. The van der Waals surface area contributed by atoms with E-state index in [1.54, 1.807) is 0 Å². The molecule has 0 radical (unpaired) electrons. The molecule has 4 rings (SSSR count). The minimum Gasteiger partial charge on any atom is -0.390 e. The maximum Gasteiger partial charge on any atom is 0.223 e. The van der Waals surface area contributed by atoms with Crippen molar-refractivity contribution in [2.24, 2.45) is 0 Å². The number of hydrogen-bond donors (Lipinski definition) is 3. The third-order valence-corrected chi connectivity index (χ3v) is 6.13. The average Bonchev–Trinajstić information content (AvgIpc) is 2.98. The van der Waals surface area contributed by atoms with Gasteiger partial charge in [-0.2, -0.15) is 0 Å². The zero-order valence-electron chi connectivity index (χ0n) is 17.8. The lowest BCUT2D eigenvalue weighted by molar-refractivity contribution is 0.0157. The SMILES string of the molecule is Cc1nc2c(F)cc(-c3nc(NC4CC[C@@H](O)[C@@H](O)CC4)ncc3Cl)cc2n1C(C)C. The van der Waals surface area contributed by atoms with Crippen LogP contribution >= 0.6 is 11.6 Å². The molecule has 3 aromatic rings. The Morgan fingerprint density at radius 1 is 1.13 bits per heavy atom. The van der Waals surface area contributed by atoms with E-state index < -0.39 is 18.0 Å². The number of nitrogens with zero attached hydrogens (tertiary/aromatic N) is 4. The number of aryl methyl sites for hydroxylation is 1. The van der Waals surface area contributed by atoms with Crippen molar-refractivity contribution in [3.8, 4) is 11.3 Å². The van der Waals surface area contributed by atoms with Crippen molar-refractivity contribution in [1.82, 2.24) is 19.5 Å². The molecule has 31 heavy (non-hydrogen) atoms. The Hall–Kier alpha value is -2.29. The molecule has 1 aliphatic carbocycles. The van der Waals surface area contributed by atoms with Crippen LogP contribution < -0.4 is 5.32 Å². The van der Waals surface area contributed by atoms with E-state index >= 15 is 0 Å². The monoisotopic (exact) mass is 447 g/mol. The summed E-state index contributed by atoms with van der Waals surface area (Å²) in [6.45, 7) is 5.91. The summed E-state index contributed by atoms with van der Waals surface area (Å²) >= 11 is 6.39. The highest BCUT2D eigenvalue weighted by Gasteiger charge is 2.25. The lowest BCUT2D eigenvalue weighted by atomic mass is 10.1. The molecule has 1 aliphatic rings. The van der Waals surface area contributed by atoms with Gasteiger partial charge in [0, 0.05) is 17.6 Å². The smallest absolute Gasteiger partial charge is 0.223 e. The van der Waals surface area contributed by atoms with E-state index in [0.717, 1.165) is 5.82 Å². The number of aliphatic hydroxyl groups excluding tert-OH is 2. The molecule has 2 aromatic heterocycles. The van der Waals surface area contributed by atoms with Crippen LogP contribution in [-0.4, -0.2) is 48.0 Å². The highest BCUT2D eigenvalue weighted by molar-refractivity contribution is 6.33. The maximum atomic E-state index is 14.9. The van der Waals surface area contributed by atoms with Crippen LogP contribution in [0.2, 0.25) is 5.02 Å². The fourth-order valence-electron chi connectivity index (χ4n) is 4.30. The van der Waals surface area contributed by atoms with Gasteiger partial charge in [0.2, 0.25) is 5.95 Å². The Bertz CT molecular complexity index is 1090. The lowest BCUT2D eigenvalue weighted by Crippen LogP contribution is -2.23. The molecule has 3 N–H and O–H groups in total. The highest BCUT2D eigenvalue weighted by Crippen LogP contribution is 2.32. The normalized spacial score (nSPS) is 22.1. The molecule has 1 saturated carbocycles. The molecule has 1 unspecified atom stereocenters. The van der Waals surface area contributed by atoms with Crippen LogP contribution in [0.5, 0.6) is 0 Å². The van der Waals surface area contributed by atoms with Gasteiger partial charge < -0.3 is 20.1 Å². The maximum absolute atomic E-state index is 14.9. The quantitative estimate of drug-likeness (QED) is 0.517. The molecule has 0 saturated heterocycles. The Morgan fingerprint density at radius 2 is 1.81 bits per heavy atom. The van der Waals surface area contributed by atoms with E-state index in [9.17, 15) is 14.6 Å². The third-order valence-electron chi connectivity index (χ3n) is 5.86. The van der Waals surface area contributed by atoms with Crippen LogP contribution in [0.25, 0.3) is 22.3 Å². The number of nitrogens with one attached hydrogen (secondary N) is 1. The Kier molecular flexibility index (Phi) is 6.14. The number of benzene rings is 1. The van der Waals surface area contributed by atoms with E-state index in [0.29, 0.717) is 58.9 Å². The van der Waals surface area contributed by atoms with Crippen molar-refractivity contribution < 1.29 is 14.6 Å². The van der Waals surface area contributed by atoms with Crippen LogP contribution in [-0.2, 0) is 0 Å². The number of aromatic nitrogens is 4. The second kappa shape index (κ2) is 8.68. The van der Waals surface area contributed by atoms with Crippen molar-refractivity contribution in [2.45, 2.75) is 70.7 Å². The van der Waals surface area contributed by atoms with Crippen LogP contribution in [0.15, 0.2) is 18.3 Å². The van der Waals surface area contributed by atoms with Gasteiger partial charge in [0.15, 0.2) is 5.82 Å². The van der Waals surface area contributed by atoms with E-state index in [1.807, 2.05) is 31.4 Å². The molecule has 7 nitrogen and oxygen atoms in total. The Morgan fingerprint density at radius 3 is 2.45 bits per heavy atom. The fraction of sp³-hybridized carbons (Fsp3) is 0.500. The predicted octanol–water partition coefficient (Wildman–Crippen LogP) is 4.25. The van der Waals surface area contributed by atoms with Crippen molar-refractivity contribution in [3.63, 3.8) is 0 Å². The second-order valence-electron chi connectivity index (χ2n) is 8.47. The van der Waals surface area contributed by atoms with Gasteiger partial charge in [-0.3, -0.25) is 0 Å². The first-order chi connectivity index (χ1) is 14.7. The Balaban J connectivity index is 1.69. The number of fused-ring (bicyclic) bond motifs is 1. The van der Waals surface area contributed by atoms with Gasteiger partial charge in [-0.25, -0.2) is 19.3 Å². The molecule has 9 heteroatoms. The number of imidazole rings is 1. The van der Waals surface area contributed by atoms with Crippen molar-refractivity contribution in [2.75, 3.05) is 5.32 Å². The molecule has 1 fully saturated rings. The predicted molar refractivity (Wildman–Crippen MR) is 119 cm³/mol. The first-order valence-corrected chi connectivity index (χ1v) is 11.0. The number of hydrogen-bond acceptors (Lipinski definition) is 6. The van der Waals surface area contributed by atoms with Gasteiger partial charge in [0.25, 0.3) is 0 Å². The van der Waals surface area contributed by atoms with Crippen molar-refractivity contribution in [1.29, 1.82) is 0 Å². The molecule has 166 valence electrons. The first-order valence-electron chi connectivity index (χ1n) is 10.6. The van der Waals surface area contributed by atoms with Crippen molar-refractivity contribution >= 4 is 28.6 Å². The topological polar surface area (TPSA) is 96.1 Å². The van der Waals surface area contributed by atoms with Gasteiger partial charge in [-0.15, -0.1) is 0 Å². The summed E-state index contributed by atoms with van der Waals surface area (Å²) in [4.78, 5) is 13.2. The van der Waals surface area contributed by atoms with E-state index in [2.05, 4.69) is 20.3 Å². The van der Waals surface area contributed by atoms with E-state index in [-0.39, 0.29) is 12.1 Å². The summed E-state index contributed by atoms with van der Waals surface area (Å²) in [5.74, 6) is 0.699. The van der Waals surface area contributed by atoms with Crippen molar-refractivity contribution in [3.05, 3.63) is 35.0 Å². The molecule has 0 aliphatic heterocycles. The number of rotatable bonds is 4. The first kappa shape index (κ1) is 21.9. The highest BCUT2D eigenvalue weighted by atomic mass is 35.5. The minimum atomic E-state index is -0.711. The van der Waals surface area contributed by atoms with E-state index in [1.165, 1.54) is 12.3 Å². The van der Waals surface area contributed by atoms with Gasteiger partial charge in [0.05, 0.1) is 34.6 Å². The zero-order chi connectivity index (χ0) is 22.3. The van der Waals surface area contributed by atoms with Crippen LogP contribution in [0, 0.1) is 12.7 Å².